The lowest BCUT2D eigenvalue weighted by molar-refractivity contribution is 0.0888. The summed E-state index contributed by atoms with van der Waals surface area (Å²) in [6.07, 6.45) is 0. The molecule has 0 radical (unpaired) electrons. The first kappa shape index (κ1) is 21.7. The highest BCUT2D eigenvalue weighted by Crippen LogP contribution is 2.37. The molecule has 35 heavy (non-hydrogen) atoms. The summed E-state index contributed by atoms with van der Waals surface area (Å²) < 4.78 is 33.9. The molecule has 5 aromatic rings. The molecule has 7 nitrogen and oxygen atoms in total. The van der Waals surface area contributed by atoms with E-state index in [2.05, 4.69) is 9.97 Å². The van der Waals surface area contributed by atoms with Gasteiger partial charge in [0.05, 0.1) is 21.4 Å². The number of pyridine rings is 1. The Bertz CT molecular complexity index is 1810. The number of ketones is 2. The van der Waals surface area contributed by atoms with Gasteiger partial charge in [-0.3, -0.25) is 19.1 Å². The van der Waals surface area contributed by atoms with Crippen LogP contribution in [0.5, 0.6) is 0 Å². The molecule has 172 valence electrons. The zero-order chi connectivity index (χ0) is 24.5. The number of hydrogen-bond acceptors (Lipinski definition) is 7. The third-order valence-corrected chi connectivity index (χ3v) is 8.51. The fourth-order valence-corrected chi connectivity index (χ4v) is 6.87. The lowest BCUT2D eigenvalue weighted by atomic mass is 9.98. The molecule has 0 saturated carbocycles. The van der Waals surface area contributed by atoms with Crippen LogP contribution in [0.15, 0.2) is 71.6 Å². The van der Waals surface area contributed by atoms with E-state index in [1.165, 1.54) is 11.3 Å². The van der Waals surface area contributed by atoms with Crippen LogP contribution in [0.1, 0.15) is 37.9 Å². The van der Waals surface area contributed by atoms with Crippen molar-refractivity contribution in [1.82, 2.24) is 9.97 Å². The number of carbonyl (C=O) groups is 2. The van der Waals surface area contributed by atoms with Crippen LogP contribution in [0.25, 0.3) is 31.7 Å². The normalized spacial score (nSPS) is 14.2. The molecule has 3 aromatic carbocycles. The van der Waals surface area contributed by atoms with Gasteiger partial charge in [0.25, 0.3) is 10.1 Å². The molecular formula is C26H16N2O5S2. The largest absolute Gasteiger partial charge is 0.296 e. The Morgan fingerprint density at radius 2 is 1.54 bits per heavy atom. The van der Waals surface area contributed by atoms with Gasteiger partial charge in [-0.05, 0) is 42.8 Å². The van der Waals surface area contributed by atoms with Crippen LogP contribution >= 0.6 is 11.3 Å². The molecule has 0 spiro atoms. The molecule has 2 heterocycles. The van der Waals surface area contributed by atoms with Crippen molar-refractivity contribution < 1.29 is 22.6 Å². The summed E-state index contributed by atoms with van der Waals surface area (Å²) >= 11 is 1.18. The molecule has 1 aliphatic carbocycles. The first-order valence-corrected chi connectivity index (χ1v) is 12.9. The van der Waals surface area contributed by atoms with Crippen LogP contribution in [0.2, 0.25) is 0 Å². The molecule has 0 amide bonds. The quantitative estimate of drug-likeness (QED) is 0.266. The zero-order valence-corrected chi connectivity index (χ0v) is 19.9. The molecule has 2 aromatic heterocycles. The Morgan fingerprint density at radius 1 is 0.857 bits per heavy atom. The van der Waals surface area contributed by atoms with E-state index in [9.17, 15) is 22.6 Å². The molecular weight excluding hydrogens is 484 g/mol. The van der Waals surface area contributed by atoms with Gasteiger partial charge in [-0.25, -0.2) is 4.98 Å². The minimum absolute atomic E-state index is 0.127. The molecule has 0 unspecified atom stereocenters. The number of hydrogen-bond donors (Lipinski definition) is 1. The van der Waals surface area contributed by atoms with Gasteiger partial charge in [0.1, 0.15) is 15.8 Å². The van der Waals surface area contributed by atoms with Crippen LogP contribution < -0.4 is 0 Å². The predicted octanol–water partition coefficient (Wildman–Crippen LogP) is 5.23. The van der Waals surface area contributed by atoms with E-state index in [1.807, 2.05) is 18.2 Å². The Kier molecular flexibility index (Phi) is 4.72. The highest BCUT2D eigenvalue weighted by Gasteiger charge is 2.40. The summed E-state index contributed by atoms with van der Waals surface area (Å²) in [7, 11) is -4.40. The molecule has 0 saturated heterocycles. The van der Waals surface area contributed by atoms with Crippen molar-refractivity contribution >= 4 is 54.1 Å². The first-order chi connectivity index (χ1) is 16.7. The van der Waals surface area contributed by atoms with Crippen molar-refractivity contribution in [2.75, 3.05) is 0 Å². The summed E-state index contributed by atoms with van der Waals surface area (Å²) in [4.78, 5) is 34.8. The maximum Gasteiger partial charge on any atom is 0.296 e. The third-order valence-electron chi connectivity index (χ3n) is 6.20. The Labute approximate surface area is 203 Å². The molecule has 6 rings (SSSR count). The molecule has 0 atom stereocenters. The number of benzene rings is 3. The molecule has 0 aliphatic heterocycles. The van der Waals surface area contributed by atoms with Gasteiger partial charge in [0.15, 0.2) is 11.6 Å². The van der Waals surface area contributed by atoms with Crippen LogP contribution in [0, 0.1) is 6.92 Å². The smallest absolute Gasteiger partial charge is 0.293 e. The van der Waals surface area contributed by atoms with Crippen LogP contribution in [0.3, 0.4) is 0 Å². The van der Waals surface area contributed by atoms with E-state index >= 15 is 0 Å². The van der Waals surface area contributed by atoms with Crippen molar-refractivity contribution in [3.05, 3.63) is 89.1 Å². The fourth-order valence-electron chi connectivity index (χ4n) is 4.56. The van der Waals surface area contributed by atoms with Gasteiger partial charge < -0.3 is 0 Å². The number of rotatable bonds is 3. The van der Waals surface area contributed by atoms with Gasteiger partial charge in [0.2, 0.25) is 0 Å². The number of fused-ring (bicyclic) bond motifs is 3. The maximum atomic E-state index is 12.9. The summed E-state index contributed by atoms with van der Waals surface area (Å²) in [5.41, 5.74) is 3.57. The van der Waals surface area contributed by atoms with Crippen LogP contribution in [0.4, 0.5) is 0 Å². The van der Waals surface area contributed by atoms with E-state index in [4.69, 9.17) is 0 Å². The number of thiazole rings is 1. The van der Waals surface area contributed by atoms with Crippen molar-refractivity contribution in [1.29, 1.82) is 0 Å². The Morgan fingerprint density at radius 3 is 2.23 bits per heavy atom. The van der Waals surface area contributed by atoms with Gasteiger partial charge in [-0.1, -0.05) is 36.4 Å². The van der Waals surface area contributed by atoms with E-state index in [0.717, 1.165) is 10.9 Å². The standard InChI is InChI=1S/C26H16N2O5S2/c1-13-6-9-20-24(25(13)35(31,32)33)34-26(28-20)15-8-10-18-14(12-15)7-11-19(27-18)21-22(29)16-4-2-3-5-17(16)23(21)30/h2-12,21H,1H3,(H,31,32,33). The molecule has 0 fully saturated rings. The fraction of sp³-hybridized carbons (Fsp3) is 0.0769. The van der Waals surface area contributed by atoms with Gasteiger partial charge in [0, 0.05) is 22.1 Å². The average Bonchev–Trinajstić information content (AvgIpc) is 3.36. The van der Waals surface area contributed by atoms with Crippen LogP contribution in [-0.2, 0) is 10.1 Å². The number of aryl methyl sites for hydroxylation is 1. The van der Waals surface area contributed by atoms with Crippen LogP contribution in [-0.4, -0.2) is 34.5 Å². The number of carbonyl (C=O) groups excluding carboxylic acids is 2. The third kappa shape index (κ3) is 3.39. The summed E-state index contributed by atoms with van der Waals surface area (Å²) in [5, 5.41) is 1.38. The monoisotopic (exact) mass is 500 g/mol. The minimum Gasteiger partial charge on any atom is -0.293 e. The number of Topliss-reactive ketones (excluding diaryl/α,β-unsaturated/α-hetero) is 2. The van der Waals surface area contributed by atoms with Gasteiger partial charge in [-0.15, -0.1) is 11.3 Å². The zero-order valence-electron chi connectivity index (χ0n) is 18.2. The molecule has 9 heteroatoms. The first-order valence-electron chi connectivity index (χ1n) is 10.7. The lowest BCUT2D eigenvalue weighted by Crippen LogP contribution is -2.14. The average molecular weight is 501 g/mol. The lowest BCUT2D eigenvalue weighted by Gasteiger charge is -2.08. The molecule has 0 bridgehead atoms. The second kappa shape index (κ2) is 7.61. The van der Waals surface area contributed by atoms with Gasteiger partial charge in [-0.2, -0.15) is 8.42 Å². The van der Waals surface area contributed by atoms with E-state index < -0.39 is 16.0 Å². The van der Waals surface area contributed by atoms with E-state index in [0.29, 0.717) is 43.1 Å². The summed E-state index contributed by atoms with van der Waals surface area (Å²) in [5.74, 6) is -1.43. The van der Waals surface area contributed by atoms with Crippen molar-refractivity contribution in [2.24, 2.45) is 0 Å². The number of nitrogens with zero attached hydrogens (tertiary/aromatic N) is 2. The Balaban J connectivity index is 1.41. The second-order valence-corrected chi connectivity index (χ2v) is 10.8. The van der Waals surface area contributed by atoms with E-state index in [-0.39, 0.29) is 16.5 Å². The van der Waals surface area contributed by atoms with Crippen molar-refractivity contribution in [2.45, 2.75) is 17.7 Å². The highest BCUT2D eigenvalue weighted by molar-refractivity contribution is 7.86. The SMILES string of the molecule is Cc1ccc2nc(-c3ccc4nc(C5C(=O)c6ccccc6C5=O)ccc4c3)sc2c1S(=O)(=O)O. The topological polar surface area (TPSA) is 114 Å². The van der Waals surface area contributed by atoms with Crippen molar-refractivity contribution in [3.63, 3.8) is 0 Å². The van der Waals surface area contributed by atoms with Gasteiger partial charge >= 0.3 is 0 Å². The van der Waals surface area contributed by atoms with E-state index in [1.54, 1.807) is 55.5 Å². The molecule has 1 aliphatic rings. The predicted molar refractivity (Wildman–Crippen MR) is 133 cm³/mol. The number of aromatic nitrogens is 2. The Hall–Kier alpha value is -3.79. The minimum atomic E-state index is -4.40. The molecule has 1 N–H and O–H groups in total. The second-order valence-electron chi connectivity index (χ2n) is 8.40. The van der Waals surface area contributed by atoms with Crippen molar-refractivity contribution in [3.8, 4) is 10.6 Å². The maximum absolute atomic E-state index is 12.9. The highest BCUT2D eigenvalue weighted by atomic mass is 32.2. The summed E-state index contributed by atoms with van der Waals surface area (Å²) in [6, 6.07) is 19.1. The summed E-state index contributed by atoms with van der Waals surface area (Å²) in [6.45, 7) is 1.62.